The Hall–Kier alpha value is -3.85. The first-order chi connectivity index (χ1) is 20.3. The van der Waals surface area contributed by atoms with Crippen LogP contribution in [0, 0.1) is 0 Å². The summed E-state index contributed by atoms with van der Waals surface area (Å²) < 4.78 is 19.1. The molecule has 42 heavy (non-hydrogen) atoms. The van der Waals surface area contributed by atoms with Gasteiger partial charge < -0.3 is 14.2 Å². The zero-order chi connectivity index (χ0) is 29.8. The van der Waals surface area contributed by atoms with Crippen molar-refractivity contribution in [3.05, 3.63) is 124 Å². The molecule has 5 rings (SSSR count). The maximum Gasteiger partial charge on any atom is 0.338 e. The highest BCUT2D eigenvalue weighted by atomic mass is 35.5. The van der Waals surface area contributed by atoms with Crippen molar-refractivity contribution in [2.24, 2.45) is 4.99 Å². The Morgan fingerprint density at radius 1 is 1.02 bits per heavy atom. The first-order valence-electron chi connectivity index (χ1n) is 13.4. The summed E-state index contributed by atoms with van der Waals surface area (Å²) in [4.78, 5) is 32.1. The van der Waals surface area contributed by atoms with Gasteiger partial charge >= 0.3 is 5.97 Å². The minimum Gasteiger partial charge on any atom is -0.490 e. The third-order valence-corrected chi connectivity index (χ3v) is 8.30. The van der Waals surface area contributed by atoms with Crippen molar-refractivity contribution in [2.45, 2.75) is 32.9 Å². The first-order valence-corrected chi connectivity index (χ1v) is 14.9. The lowest BCUT2D eigenvalue weighted by Gasteiger charge is -2.25. The number of ether oxygens (including phenoxy) is 3. The van der Waals surface area contributed by atoms with Gasteiger partial charge in [-0.15, -0.1) is 0 Å². The van der Waals surface area contributed by atoms with Crippen molar-refractivity contribution in [3.8, 4) is 11.5 Å². The molecule has 7 nitrogen and oxygen atoms in total. The molecule has 1 aromatic heterocycles. The molecule has 0 N–H and O–H groups in total. The Bertz CT molecular complexity index is 1850. The van der Waals surface area contributed by atoms with E-state index < -0.39 is 12.0 Å². The Balaban J connectivity index is 1.55. The van der Waals surface area contributed by atoms with Gasteiger partial charge in [0.05, 0.1) is 35.6 Å². The van der Waals surface area contributed by atoms with Gasteiger partial charge in [-0.25, -0.2) is 9.79 Å². The zero-order valence-electron chi connectivity index (χ0n) is 23.2. The van der Waals surface area contributed by atoms with Crippen LogP contribution in [-0.2, 0) is 16.1 Å². The standard InChI is InChI=1S/C32H28Cl2N2O5S/c1-4-24-28(31(38)39-3)29(20-9-7-6-8-10-20)36-30(37)27(42-32(36)35-24)16-19-11-14-25(26(15-19)40-5-2)41-18-21-12-13-22(33)17-23(21)34/h6-17,29H,4-5,18H2,1-3H3/b27-16-/t29-/m1/s1. The fourth-order valence-corrected chi connectivity index (χ4v) is 6.25. The molecule has 3 aromatic carbocycles. The van der Waals surface area contributed by atoms with Crippen LogP contribution < -0.4 is 24.4 Å². The van der Waals surface area contributed by atoms with Gasteiger partial charge in [0.2, 0.25) is 0 Å². The zero-order valence-corrected chi connectivity index (χ0v) is 25.6. The smallest absolute Gasteiger partial charge is 0.338 e. The predicted octanol–water partition coefficient (Wildman–Crippen LogP) is 6.08. The van der Waals surface area contributed by atoms with E-state index in [9.17, 15) is 9.59 Å². The van der Waals surface area contributed by atoms with Gasteiger partial charge in [0.25, 0.3) is 5.56 Å². The molecule has 1 aliphatic heterocycles. The molecular weight excluding hydrogens is 595 g/mol. The molecule has 216 valence electrons. The number of carbonyl (C=O) groups is 1. The lowest BCUT2D eigenvalue weighted by molar-refractivity contribution is -0.136. The van der Waals surface area contributed by atoms with Gasteiger partial charge in [-0.1, -0.05) is 83.9 Å². The highest BCUT2D eigenvalue weighted by Crippen LogP contribution is 2.33. The van der Waals surface area contributed by atoms with Gasteiger partial charge in [-0.2, -0.15) is 0 Å². The molecule has 4 aromatic rings. The minimum atomic E-state index is -0.651. The van der Waals surface area contributed by atoms with E-state index in [2.05, 4.69) is 0 Å². The number of rotatable bonds is 9. The van der Waals surface area contributed by atoms with Crippen LogP contribution in [0.1, 0.15) is 43.0 Å². The van der Waals surface area contributed by atoms with E-state index in [-0.39, 0.29) is 12.2 Å². The number of hydrogen-bond acceptors (Lipinski definition) is 7. The first kappa shape index (κ1) is 29.6. The van der Waals surface area contributed by atoms with Crippen molar-refractivity contribution >= 4 is 46.6 Å². The summed E-state index contributed by atoms with van der Waals surface area (Å²) in [6.45, 7) is 4.48. The van der Waals surface area contributed by atoms with Gasteiger partial charge in [-0.05, 0) is 54.8 Å². The fourth-order valence-electron chi connectivity index (χ4n) is 4.76. The van der Waals surface area contributed by atoms with Crippen LogP contribution in [0.4, 0.5) is 0 Å². The normalized spacial score (nSPS) is 14.8. The van der Waals surface area contributed by atoms with E-state index in [0.717, 1.165) is 16.7 Å². The number of nitrogens with zero attached hydrogens (tertiary/aromatic N) is 2. The Morgan fingerprint density at radius 2 is 1.81 bits per heavy atom. The number of allylic oxidation sites excluding steroid dienone is 1. The molecule has 0 radical (unpaired) electrons. The topological polar surface area (TPSA) is 79.1 Å². The van der Waals surface area contributed by atoms with E-state index >= 15 is 0 Å². The van der Waals surface area contributed by atoms with E-state index in [1.54, 1.807) is 28.8 Å². The number of methoxy groups -OCH3 is 1. The summed E-state index contributed by atoms with van der Waals surface area (Å²) in [5, 5.41) is 1.07. The molecule has 0 fully saturated rings. The SMILES string of the molecule is CCOc1cc(/C=c2\sc3n(c2=O)[C@H](c2ccccc2)C(C(=O)OC)=C(CC)N=3)ccc1OCc1ccc(Cl)cc1Cl. The molecule has 0 spiro atoms. The Morgan fingerprint density at radius 3 is 2.50 bits per heavy atom. The van der Waals surface area contributed by atoms with Crippen molar-refractivity contribution < 1.29 is 19.0 Å². The Labute approximate surface area is 256 Å². The van der Waals surface area contributed by atoms with Crippen LogP contribution in [0.5, 0.6) is 11.5 Å². The summed E-state index contributed by atoms with van der Waals surface area (Å²) in [6, 6.07) is 19.5. The summed E-state index contributed by atoms with van der Waals surface area (Å²) >= 11 is 13.6. The second-order valence-electron chi connectivity index (χ2n) is 9.36. The van der Waals surface area contributed by atoms with Gasteiger partial charge in [0.1, 0.15) is 6.61 Å². The second kappa shape index (κ2) is 13.0. The van der Waals surface area contributed by atoms with Crippen LogP contribution in [0.15, 0.2) is 87.8 Å². The van der Waals surface area contributed by atoms with Gasteiger partial charge in [0, 0.05) is 15.6 Å². The van der Waals surface area contributed by atoms with E-state index in [0.29, 0.717) is 55.2 Å². The highest BCUT2D eigenvalue weighted by molar-refractivity contribution is 7.07. The lowest BCUT2D eigenvalue weighted by atomic mass is 9.95. The second-order valence-corrected chi connectivity index (χ2v) is 11.2. The van der Waals surface area contributed by atoms with Crippen molar-refractivity contribution in [1.29, 1.82) is 0 Å². The molecular formula is C32H28Cl2N2O5S. The molecule has 2 heterocycles. The van der Waals surface area contributed by atoms with E-state index in [4.69, 9.17) is 42.4 Å². The van der Waals surface area contributed by atoms with E-state index in [1.807, 2.05) is 62.4 Å². The molecule has 0 unspecified atom stereocenters. The number of hydrogen-bond donors (Lipinski definition) is 0. The number of aromatic nitrogens is 1. The van der Waals surface area contributed by atoms with Gasteiger partial charge in [-0.3, -0.25) is 9.36 Å². The minimum absolute atomic E-state index is 0.232. The largest absolute Gasteiger partial charge is 0.490 e. The van der Waals surface area contributed by atoms with Gasteiger partial charge in [0.15, 0.2) is 16.3 Å². The molecule has 0 bridgehead atoms. The lowest BCUT2D eigenvalue weighted by Crippen LogP contribution is -2.40. The Kier molecular flexibility index (Phi) is 9.16. The number of carbonyl (C=O) groups excluding carboxylic acids is 1. The number of fused-ring (bicyclic) bond motifs is 1. The third-order valence-electron chi connectivity index (χ3n) is 6.73. The highest BCUT2D eigenvalue weighted by Gasteiger charge is 2.33. The third kappa shape index (κ3) is 6.02. The van der Waals surface area contributed by atoms with Crippen LogP contribution in [0.25, 0.3) is 6.08 Å². The summed E-state index contributed by atoms with van der Waals surface area (Å²) in [5.74, 6) is 0.573. The molecule has 1 aliphatic rings. The average Bonchev–Trinajstić information content (AvgIpc) is 3.30. The van der Waals surface area contributed by atoms with Crippen LogP contribution in [0.3, 0.4) is 0 Å². The number of halogens is 2. The molecule has 10 heteroatoms. The van der Waals surface area contributed by atoms with Crippen molar-refractivity contribution in [1.82, 2.24) is 4.57 Å². The number of esters is 1. The molecule has 1 atom stereocenters. The molecule has 0 saturated carbocycles. The quantitative estimate of drug-likeness (QED) is 0.211. The maximum absolute atomic E-state index is 13.9. The monoisotopic (exact) mass is 622 g/mol. The predicted molar refractivity (Wildman–Crippen MR) is 165 cm³/mol. The van der Waals surface area contributed by atoms with Crippen LogP contribution in [0.2, 0.25) is 10.0 Å². The van der Waals surface area contributed by atoms with Crippen molar-refractivity contribution in [2.75, 3.05) is 13.7 Å². The fraction of sp³-hybridized carbons (Fsp3) is 0.219. The van der Waals surface area contributed by atoms with E-state index in [1.165, 1.54) is 18.4 Å². The summed E-state index contributed by atoms with van der Waals surface area (Å²) in [5.41, 5.74) is 3.06. The maximum atomic E-state index is 13.9. The average molecular weight is 624 g/mol. The van der Waals surface area contributed by atoms with Crippen LogP contribution >= 0.6 is 34.5 Å². The molecule has 0 amide bonds. The number of benzene rings is 3. The summed E-state index contributed by atoms with van der Waals surface area (Å²) in [6.07, 6.45) is 2.31. The molecule has 0 saturated heterocycles. The summed E-state index contributed by atoms with van der Waals surface area (Å²) in [7, 11) is 1.34. The van der Waals surface area contributed by atoms with Crippen molar-refractivity contribution in [3.63, 3.8) is 0 Å². The van der Waals surface area contributed by atoms with Crippen LogP contribution in [-0.4, -0.2) is 24.3 Å². The number of thiazole rings is 1. The molecule has 0 aliphatic carbocycles.